The molecule has 5 nitrogen and oxygen atoms in total. The molecule has 0 unspecified atom stereocenters. The highest BCUT2D eigenvalue weighted by Crippen LogP contribution is 2.10. The number of nitrogens with zero attached hydrogens (tertiary/aromatic N) is 1. The second kappa shape index (κ2) is 8.99. The number of hydrogen-bond acceptors (Lipinski definition) is 3. The van der Waals surface area contributed by atoms with Gasteiger partial charge in [-0.3, -0.25) is 4.79 Å². The number of aryl methyl sites for hydroxylation is 1. The van der Waals surface area contributed by atoms with E-state index in [1.165, 1.54) is 12.5 Å². The molecule has 1 aliphatic heterocycles. The number of rotatable bonds is 5. The van der Waals surface area contributed by atoms with Gasteiger partial charge in [0.1, 0.15) is 0 Å². The normalized spacial score (nSPS) is 16.8. The van der Waals surface area contributed by atoms with Crippen LogP contribution in [-0.4, -0.2) is 38.9 Å². The van der Waals surface area contributed by atoms with Crippen molar-refractivity contribution in [3.8, 4) is 0 Å². The van der Waals surface area contributed by atoms with E-state index in [9.17, 15) is 13.2 Å². The second-order valence-corrected chi connectivity index (χ2v) is 7.88. The molecule has 0 atom stereocenters. The molecule has 1 N–H and O–H groups in total. The summed E-state index contributed by atoms with van der Waals surface area (Å²) in [7, 11) is -3.62. The third-order valence-corrected chi connectivity index (χ3v) is 5.19. The smallest absolute Gasteiger partial charge is 0.237 e. The van der Waals surface area contributed by atoms with Crippen LogP contribution in [0.4, 0.5) is 0 Å². The van der Waals surface area contributed by atoms with E-state index in [0.717, 1.165) is 55.3 Å². The Morgan fingerprint density at radius 1 is 1.08 bits per heavy atom. The fourth-order valence-electron chi connectivity index (χ4n) is 2.66. The first-order valence-electron chi connectivity index (χ1n) is 8.48. The van der Waals surface area contributed by atoms with E-state index in [1.807, 2.05) is 31.2 Å². The van der Waals surface area contributed by atoms with E-state index < -0.39 is 10.0 Å². The highest BCUT2D eigenvalue weighted by Gasteiger charge is 2.16. The Labute approximate surface area is 144 Å². The van der Waals surface area contributed by atoms with Crippen molar-refractivity contribution in [3.05, 3.63) is 40.8 Å². The fraction of sp³-hybridized carbons (Fsp3) is 0.500. The Balaban J connectivity index is 1.86. The van der Waals surface area contributed by atoms with Crippen molar-refractivity contribution < 1.29 is 13.2 Å². The van der Waals surface area contributed by atoms with E-state index >= 15 is 0 Å². The topological polar surface area (TPSA) is 66.5 Å². The van der Waals surface area contributed by atoms with Gasteiger partial charge in [-0.05, 0) is 31.4 Å². The predicted octanol–water partition coefficient (Wildman–Crippen LogP) is 2.68. The maximum atomic E-state index is 12.2. The largest absolute Gasteiger partial charge is 0.342 e. The maximum Gasteiger partial charge on any atom is 0.237 e. The lowest BCUT2D eigenvalue weighted by atomic mass is 10.1. The number of hydrogen-bond donors (Lipinski definition) is 1. The van der Waals surface area contributed by atoms with Crippen molar-refractivity contribution in [2.45, 2.75) is 39.0 Å². The van der Waals surface area contributed by atoms with Gasteiger partial charge in [0.15, 0.2) is 0 Å². The molecule has 0 saturated carbocycles. The van der Waals surface area contributed by atoms with E-state index in [2.05, 4.69) is 4.72 Å². The average Bonchev–Trinajstić information content (AvgIpc) is 2.52. The number of carbonyl (C=O) groups excluding carboxylic acids is 1. The molecular weight excluding hydrogens is 324 g/mol. The number of likely N-dealkylation sites (tertiary alicyclic amines) is 1. The Bertz CT molecular complexity index is 658. The van der Waals surface area contributed by atoms with Crippen LogP contribution < -0.4 is 4.72 Å². The van der Waals surface area contributed by atoms with Gasteiger partial charge < -0.3 is 4.90 Å². The van der Waals surface area contributed by atoms with Gasteiger partial charge in [-0.25, -0.2) is 13.1 Å². The van der Waals surface area contributed by atoms with Crippen LogP contribution in [0.3, 0.4) is 0 Å². The van der Waals surface area contributed by atoms with Crippen molar-refractivity contribution in [2.75, 3.05) is 19.6 Å². The number of amides is 1. The molecule has 1 aromatic carbocycles. The van der Waals surface area contributed by atoms with Crippen molar-refractivity contribution in [2.24, 2.45) is 0 Å². The maximum absolute atomic E-state index is 12.2. The predicted molar refractivity (Wildman–Crippen MR) is 96.8 cm³/mol. The molecule has 1 saturated heterocycles. The molecule has 0 aromatic heterocycles. The summed E-state index contributed by atoms with van der Waals surface area (Å²) in [4.78, 5) is 14.0. The highest BCUT2D eigenvalue weighted by molar-refractivity contribution is 7.92. The van der Waals surface area contributed by atoms with Crippen molar-refractivity contribution >= 4 is 22.0 Å². The molecule has 0 radical (unpaired) electrons. The summed E-state index contributed by atoms with van der Waals surface area (Å²) < 4.78 is 26.4. The lowest BCUT2D eigenvalue weighted by molar-refractivity contribution is -0.130. The van der Waals surface area contributed by atoms with E-state index in [1.54, 1.807) is 4.90 Å². The van der Waals surface area contributed by atoms with Crippen LogP contribution in [0.2, 0.25) is 0 Å². The Morgan fingerprint density at radius 2 is 1.67 bits per heavy atom. The summed E-state index contributed by atoms with van der Waals surface area (Å²) in [6, 6.07) is 7.55. The fourth-order valence-corrected chi connectivity index (χ4v) is 3.42. The molecule has 132 valence electrons. The minimum atomic E-state index is -3.62. The first-order valence-corrected chi connectivity index (χ1v) is 10.0. The summed E-state index contributed by atoms with van der Waals surface area (Å²) >= 11 is 0. The Morgan fingerprint density at radius 3 is 2.29 bits per heavy atom. The summed E-state index contributed by atoms with van der Waals surface area (Å²) in [5, 5.41) is 1.11. The molecular formula is C18H26N2O3S. The number of benzene rings is 1. The summed E-state index contributed by atoms with van der Waals surface area (Å²) in [5.74, 6) is -0.149. The minimum Gasteiger partial charge on any atom is -0.342 e. The second-order valence-electron chi connectivity index (χ2n) is 6.23. The van der Waals surface area contributed by atoms with Gasteiger partial charge in [0.05, 0.1) is 6.54 Å². The lowest BCUT2D eigenvalue weighted by Crippen LogP contribution is -2.41. The van der Waals surface area contributed by atoms with Crippen LogP contribution in [0.1, 0.15) is 43.2 Å². The number of nitrogens with one attached hydrogen (secondary N) is 1. The third-order valence-electron chi connectivity index (χ3n) is 4.15. The first kappa shape index (κ1) is 18.7. The number of sulfonamides is 1. The minimum absolute atomic E-state index is 0.149. The van der Waals surface area contributed by atoms with Crippen LogP contribution in [-0.2, 0) is 14.8 Å². The van der Waals surface area contributed by atoms with E-state index in [-0.39, 0.29) is 12.5 Å². The highest BCUT2D eigenvalue weighted by atomic mass is 32.2. The van der Waals surface area contributed by atoms with Gasteiger partial charge in [-0.15, -0.1) is 0 Å². The van der Waals surface area contributed by atoms with Crippen LogP contribution in [0.25, 0.3) is 6.08 Å². The van der Waals surface area contributed by atoms with E-state index in [4.69, 9.17) is 0 Å². The third kappa shape index (κ3) is 6.45. The van der Waals surface area contributed by atoms with Gasteiger partial charge >= 0.3 is 0 Å². The zero-order chi connectivity index (χ0) is 17.4. The first-order chi connectivity index (χ1) is 11.5. The Hall–Kier alpha value is -1.66. The van der Waals surface area contributed by atoms with Gasteiger partial charge in [0.25, 0.3) is 0 Å². The standard InChI is InChI=1S/C18H26N2O3S/c1-16-7-9-17(10-8-16)11-14-24(22,23)19-15-18(21)20-12-5-3-2-4-6-13-20/h7-11,14,19H,2-6,12-13,15H2,1H3/b14-11+. The van der Waals surface area contributed by atoms with Crippen LogP contribution in [0.5, 0.6) is 0 Å². The van der Waals surface area contributed by atoms with Crippen LogP contribution in [0, 0.1) is 6.92 Å². The molecule has 0 bridgehead atoms. The van der Waals surface area contributed by atoms with Crippen LogP contribution in [0.15, 0.2) is 29.7 Å². The number of carbonyl (C=O) groups is 1. The monoisotopic (exact) mass is 350 g/mol. The van der Waals surface area contributed by atoms with Gasteiger partial charge in [-0.2, -0.15) is 0 Å². The molecule has 1 fully saturated rings. The Kier molecular flexibility index (Phi) is 6.99. The molecule has 1 aromatic rings. The van der Waals surface area contributed by atoms with Crippen molar-refractivity contribution in [1.82, 2.24) is 9.62 Å². The molecule has 2 rings (SSSR count). The lowest BCUT2D eigenvalue weighted by Gasteiger charge is -2.24. The summed E-state index contributed by atoms with van der Waals surface area (Å²) in [5.41, 5.74) is 1.92. The molecule has 1 amide bonds. The molecule has 24 heavy (non-hydrogen) atoms. The van der Waals surface area contributed by atoms with E-state index in [0.29, 0.717) is 0 Å². The summed E-state index contributed by atoms with van der Waals surface area (Å²) in [6.07, 6.45) is 7.00. The zero-order valence-corrected chi connectivity index (χ0v) is 15.0. The summed E-state index contributed by atoms with van der Waals surface area (Å²) in [6.45, 7) is 3.24. The molecule has 1 aliphatic rings. The quantitative estimate of drug-likeness (QED) is 0.888. The SMILES string of the molecule is Cc1ccc(/C=C/S(=O)(=O)NCC(=O)N2CCCCCCC2)cc1. The van der Waals surface area contributed by atoms with Crippen LogP contribution >= 0.6 is 0 Å². The molecule has 0 aliphatic carbocycles. The average molecular weight is 350 g/mol. The zero-order valence-electron chi connectivity index (χ0n) is 14.2. The van der Waals surface area contributed by atoms with Gasteiger partial charge in [0.2, 0.25) is 15.9 Å². The van der Waals surface area contributed by atoms with Crippen molar-refractivity contribution in [3.63, 3.8) is 0 Å². The molecule has 1 heterocycles. The molecule has 6 heteroatoms. The molecule has 0 spiro atoms. The van der Waals surface area contributed by atoms with Gasteiger partial charge in [-0.1, -0.05) is 49.1 Å². The van der Waals surface area contributed by atoms with Gasteiger partial charge in [0, 0.05) is 18.5 Å². The van der Waals surface area contributed by atoms with Crippen molar-refractivity contribution in [1.29, 1.82) is 0 Å².